The molecule has 7 heteroatoms. The number of fused-ring (bicyclic) bond motifs is 2. The number of phenolic OH excluding ortho intramolecular Hbond substituents is 1. The summed E-state index contributed by atoms with van der Waals surface area (Å²) in [5.74, 6) is 0.310. The number of halogens is 2. The Morgan fingerprint density at radius 2 is 1.68 bits per heavy atom. The average Bonchev–Trinajstić information content (AvgIpc) is 3.19. The molecule has 0 amide bonds. The van der Waals surface area contributed by atoms with Gasteiger partial charge in [-0.3, -0.25) is 0 Å². The Morgan fingerprint density at radius 1 is 0.935 bits per heavy atom. The normalized spacial score (nSPS) is 11.3. The van der Waals surface area contributed by atoms with E-state index in [1.165, 1.54) is 18.3 Å². The van der Waals surface area contributed by atoms with Crippen LogP contribution in [0.4, 0.5) is 4.39 Å². The molecule has 2 aromatic heterocycles. The Hall–Kier alpha value is -3.45. The molecule has 0 saturated heterocycles. The molecule has 0 bridgehead atoms. The van der Waals surface area contributed by atoms with Gasteiger partial charge in [0.05, 0.1) is 0 Å². The maximum Gasteiger partial charge on any atom is 0.157 e. The Labute approximate surface area is 185 Å². The quantitative estimate of drug-likeness (QED) is 0.346. The molecule has 0 fully saturated rings. The van der Waals surface area contributed by atoms with Gasteiger partial charge in [-0.15, -0.1) is 0 Å². The van der Waals surface area contributed by atoms with Gasteiger partial charge in [0.2, 0.25) is 0 Å². The Morgan fingerprint density at radius 3 is 2.45 bits per heavy atom. The van der Waals surface area contributed by atoms with Gasteiger partial charge in [0.1, 0.15) is 23.5 Å². The van der Waals surface area contributed by atoms with Gasteiger partial charge in [0.15, 0.2) is 11.5 Å². The average molecular weight is 478 g/mol. The monoisotopic (exact) mass is 477 g/mol. The minimum absolute atomic E-state index is 0.0697. The summed E-state index contributed by atoms with van der Waals surface area (Å²) in [5, 5.41) is 12.2. The van der Waals surface area contributed by atoms with Gasteiger partial charge >= 0.3 is 0 Å². The molecule has 0 radical (unpaired) electrons. The van der Waals surface area contributed by atoms with E-state index in [0.29, 0.717) is 28.7 Å². The summed E-state index contributed by atoms with van der Waals surface area (Å²) in [6, 6.07) is 14.2. The fraction of sp³-hybridized carbons (Fsp3) is 0.0833. The fourth-order valence-electron chi connectivity index (χ4n) is 3.63. The number of phenols is 1. The molecule has 0 unspecified atom stereocenters. The van der Waals surface area contributed by atoms with Gasteiger partial charge in [-0.2, -0.15) is 0 Å². The lowest BCUT2D eigenvalue weighted by Crippen LogP contribution is -1.98. The number of hydrogen-bond acceptors (Lipinski definition) is 4. The minimum atomic E-state index is -0.295. The second-order valence-electron chi connectivity index (χ2n) is 7.23. The van der Waals surface area contributed by atoms with Crippen molar-refractivity contribution in [2.45, 2.75) is 13.2 Å². The molecular formula is C24H17BrFN3O2. The van der Waals surface area contributed by atoms with Crippen LogP contribution < -0.4 is 4.74 Å². The van der Waals surface area contributed by atoms with Crippen LogP contribution in [0.25, 0.3) is 21.8 Å². The summed E-state index contributed by atoms with van der Waals surface area (Å²) >= 11 is 3.50. The summed E-state index contributed by atoms with van der Waals surface area (Å²) in [5.41, 5.74) is 2.80. The van der Waals surface area contributed by atoms with Crippen molar-refractivity contribution in [1.29, 1.82) is 0 Å². The van der Waals surface area contributed by atoms with Crippen LogP contribution in [0.3, 0.4) is 0 Å². The van der Waals surface area contributed by atoms with E-state index < -0.39 is 0 Å². The topological polar surface area (TPSA) is 60.2 Å². The minimum Gasteiger partial charge on any atom is -0.505 e. The van der Waals surface area contributed by atoms with E-state index in [1.807, 2.05) is 35.2 Å². The van der Waals surface area contributed by atoms with Crippen molar-refractivity contribution in [2.24, 2.45) is 0 Å². The van der Waals surface area contributed by atoms with E-state index in [1.54, 1.807) is 18.3 Å². The first kappa shape index (κ1) is 19.5. The summed E-state index contributed by atoms with van der Waals surface area (Å²) in [7, 11) is 0. The largest absolute Gasteiger partial charge is 0.505 e. The van der Waals surface area contributed by atoms with Crippen molar-refractivity contribution in [3.8, 4) is 11.5 Å². The molecular weight excluding hydrogens is 461 g/mol. The third-order valence-corrected chi connectivity index (χ3v) is 5.56. The molecule has 5 aromatic rings. The van der Waals surface area contributed by atoms with E-state index in [2.05, 4.69) is 32.0 Å². The maximum atomic E-state index is 13.2. The second-order valence-corrected chi connectivity index (χ2v) is 8.15. The third-order valence-electron chi connectivity index (χ3n) is 5.07. The molecule has 5 rings (SSSR count). The summed E-state index contributed by atoms with van der Waals surface area (Å²) in [6.07, 6.45) is 6.92. The Balaban J connectivity index is 1.59. The number of ether oxygens (including phenoxy) is 1. The van der Waals surface area contributed by atoms with Gasteiger partial charge in [-0.05, 0) is 35.4 Å². The molecule has 5 nitrogen and oxygen atoms in total. The highest BCUT2D eigenvalue weighted by Crippen LogP contribution is 2.41. The molecule has 3 aromatic carbocycles. The SMILES string of the molecule is Oc1c2cn(Cc3cccc(Br)c3)cc2c(OCc2ccc(F)cc2)c2nccnc12. The van der Waals surface area contributed by atoms with Crippen molar-refractivity contribution < 1.29 is 14.2 Å². The highest BCUT2D eigenvalue weighted by molar-refractivity contribution is 9.10. The number of hydrogen-bond donors (Lipinski definition) is 1. The Kier molecular flexibility index (Phi) is 5.03. The van der Waals surface area contributed by atoms with Crippen LogP contribution in [-0.2, 0) is 13.2 Å². The standard InChI is InChI=1S/C24H17BrFN3O2/c25-17-3-1-2-16(10-17)11-29-12-19-20(13-29)24(22-21(23(19)30)27-8-9-28-22)31-14-15-4-6-18(26)7-5-15/h1-10,12-13,30H,11,14H2. The summed E-state index contributed by atoms with van der Waals surface area (Å²) in [6.45, 7) is 0.866. The number of aromatic hydroxyl groups is 1. The van der Waals surface area contributed by atoms with Crippen molar-refractivity contribution >= 4 is 37.7 Å². The van der Waals surface area contributed by atoms with Gasteiger partial charge in [-0.1, -0.05) is 40.2 Å². The third kappa shape index (κ3) is 3.84. The van der Waals surface area contributed by atoms with Crippen molar-refractivity contribution in [3.05, 3.63) is 94.7 Å². The lowest BCUT2D eigenvalue weighted by Gasteiger charge is -2.11. The molecule has 154 valence electrons. The van der Waals surface area contributed by atoms with Crippen LogP contribution in [-0.4, -0.2) is 19.6 Å². The maximum absolute atomic E-state index is 13.2. The van der Waals surface area contributed by atoms with Gasteiger partial charge in [0, 0.05) is 46.6 Å². The molecule has 0 atom stereocenters. The number of rotatable bonds is 5. The van der Waals surface area contributed by atoms with Crippen LogP contribution in [0, 0.1) is 5.82 Å². The Bertz CT molecular complexity index is 1400. The van der Waals surface area contributed by atoms with Crippen molar-refractivity contribution in [3.63, 3.8) is 0 Å². The van der Waals surface area contributed by atoms with E-state index in [4.69, 9.17) is 4.74 Å². The lowest BCUT2D eigenvalue weighted by atomic mass is 10.1. The van der Waals surface area contributed by atoms with E-state index in [0.717, 1.165) is 21.0 Å². The van der Waals surface area contributed by atoms with Crippen molar-refractivity contribution in [2.75, 3.05) is 0 Å². The van der Waals surface area contributed by atoms with Gasteiger partial charge in [-0.25, -0.2) is 14.4 Å². The number of benzene rings is 3. The van der Waals surface area contributed by atoms with Gasteiger partial charge < -0.3 is 14.4 Å². The number of aromatic nitrogens is 3. The van der Waals surface area contributed by atoms with Crippen LogP contribution in [0.5, 0.6) is 11.5 Å². The first-order valence-corrected chi connectivity index (χ1v) is 10.4. The molecule has 0 aliphatic heterocycles. The zero-order valence-electron chi connectivity index (χ0n) is 16.3. The molecule has 0 aliphatic rings. The fourth-order valence-corrected chi connectivity index (χ4v) is 4.08. The predicted molar refractivity (Wildman–Crippen MR) is 121 cm³/mol. The molecule has 0 aliphatic carbocycles. The first-order valence-electron chi connectivity index (χ1n) is 9.65. The highest BCUT2D eigenvalue weighted by atomic mass is 79.9. The number of nitrogens with zero attached hydrogens (tertiary/aromatic N) is 3. The van der Waals surface area contributed by atoms with Crippen LogP contribution in [0.1, 0.15) is 11.1 Å². The first-order chi connectivity index (χ1) is 15.1. The molecule has 2 heterocycles. The van der Waals surface area contributed by atoms with E-state index in [9.17, 15) is 9.50 Å². The predicted octanol–water partition coefficient (Wildman–Crippen LogP) is 5.82. The summed E-state index contributed by atoms with van der Waals surface area (Å²) in [4.78, 5) is 8.71. The molecule has 31 heavy (non-hydrogen) atoms. The lowest BCUT2D eigenvalue weighted by molar-refractivity contribution is 0.312. The smallest absolute Gasteiger partial charge is 0.157 e. The van der Waals surface area contributed by atoms with Crippen LogP contribution >= 0.6 is 15.9 Å². The molecule has 1 N–H and O–H groups in total. The molecule has 0 saturated carbocycles. The zero-order chi connectivity index (χ0) is 21.4. The van der Waals surface area contributed by atoms with Crippen molar-refractivity contribution in [1.82, 2.24) is 14.5 Å². The van der Waals surface area contributed by atoms with E-state index in [-0.39, 0.29) is 18.2 Å². The summed E-state index contributed by atoms with van der Waals surface area (Å²) < 4.78 is 22.4. The zero-order valence-corrected chi connectivity index (χ0v) is 17.9. The van der Waals surface area contributed by atoms with Crippen LogP contribution in [0.15, 0.2) is 77.8 Å². The van der Waals surface area contributed by atoms with Crippen LogP contribution in [0.2, 0.25) is 0 Å². The molecule has 0 spiro atoms. The van der Waals surface area contributed by atoms with Gasteiger partial charge in [0.25, 0.3) is 0 Å². The second kappa shape index (κ2) is 8.00. The van der Waals surface area contributed by atoms with E-state index >= 15 is 0 Å². The highest BCUT2D eigenvalue weighted by Gasteiger charge is 2.19.